The third kappa shape index (κ3) is 5.73. The van der Waals surface area contributed by atoms with Gasteiger partial charge in [0.2, 0.25) is 15.9 Å². The average molecular weight is 482 g/mol. The highest BCUT2D eigenvalue weighted by Gasteiger charge is 2.26. The molecule has 0 spiro atoms. The number of furan rings is 1. The molecular weight excluding hydrogens is 454 g/mol. The van der Waals surface area contributed by atoms with E-state index in [-0.39, 0.29) is 17.1 Å². The summed E-state index contributed by atoms with van der Waals surface area (Å²) in [5, 5.41) is 5.50. The molecule has 1 atom stereocenters. The number of amides is 2. The van der Waals surface area contributed by atoms with Crippen LogP contribution in [-0.4, -0.2) is 43.7 Å². The molecule has 1 fully saturated rings. The molecule has 0 aliphatic carbocycles. The summed E-state index contributed by atoms with van der Waals surface area (Å²) < 4.78 is 32.3. The summed E-state index contributed by atoms with van der Waals surface area (Å²) in [4.78, 5) is 25.8. The van der Waals surface area contributed by atoms with Crippen molar-refractivity contribution < 1.29 is 22.4 Å². The Kier molecular flexibility index (Phi) is 7.44. The normalized spacial score (nSPS) is 15.4. The standard InChI is InChI=1S/C25H27N3O5S/c29-24(22(18-19-8-3-1-4-9-19)27-25(30)23-10-7-17-33-23)26-20-11-13-21(14-12-20)34(31,32)28-15-5-2-6-16-28/h1,3-4,7-14,17,22H,2,5-6,15-16,18H2,(H,26,29)(H,27,30)/t22-/m1/s1. The van der Waals surface area contributed by atoms with E-state index in [9.17, 15) is 18.0 Å². The smallest absolute Gasteiger partial charge is 0.287 e. The molecule has 0 unspecified atom stereocenters. The summed E-state index contributed by atoms with van der Waals surface area (Å²) in [7, 11) is -3.55. The summed E-state index contributed by atoms with van der Waals surface area (Å²) in [6.07, 6.45) is 4.43. The highest BCUT2D eigenvalue weighted by atomic mass is 32.2. The van der Waals surface area contributed by atoms with Gasteiger partial charge in [0.1, 0.15) is 6.04 Å². The summed E-state index contributed by atoms with van der Waals surface area (Å²) in [5.41, 5.74) is 1.32. The lowest BCUT2D eigenvalue weighted by Gasteiger charge is -2.26. The molecule has 3 aromatic rings. The Morgan fingerprint density at radius 3 is 2.26 bits per heavy atom. The second-order valence-electron chi connectivity index (χ2n) is 8.17. The number of piperidine rings is 1. The largest absolute Gasteiger partial charge is 0.459 e. The number of carbonyl (C=O) groups is 2. The molecule has 0 radical (unpaired) electrons. The maximum atomic E-state index is 13.1. The van der Waals surface area contributed by atoms with Crippen molar-refractivity contribution in [2.75, 3.05) is 18.4 Å². The molecule has 2 aromatic carbocycles. The van der Waals surface area contributed by atoms with Crippen LogP contribution in [-0.2, 0) is 21.2 Å². The van der Waals surface area contributed by atoms with E-state index in [1.807, 2.05) is 30.3 Å². The van der Waals surface area contributed by atoms with Crippen LogP contribution in [0, 0.1) is 0 Å². The molecule has 1 aromatic heterocycles. The fourth-order valence-corrected chi connectivity index (χ4v) is 5.41. The number of anilines is 1. The van der Waals surface area contributed by atoms with Gasteiger partial charge in [0.15, 0.2) is 5.76 Å². The summed E-state index contributed by atoms with van der Waals surface area (Å²) in [6.45, 7) is 1.05. The van der Waals surface area contributed by atoms with Gasteiger partial charge in [0.25, 0.3) is 5.91 Å². The van der Waals surface area contributed by atoms with Crippen molar-refractivity contribution >= 4 is 27.5 Å². The van der Waals surface area contributed by atoms with Gasteiger partial charge in [-0.05, 0) is 54.8 Å². The second-order valence-corrected chi connectivity index (χ2v) is 10.1. The predicted octanol–water partition coefficient (Wildman–Crippen LogP) is 3.43. The predicted molar refractivity (Wildman–Crippen MR) is 128 cm³/mol. The molecule has 2 amide bonds. The third-order valence-electron chi connectivity index (χ3n) is 5.72. The quantitative estimate of drug-likeness (QED) is 0.512. The van der Waals surface area contributed by atoms with Gasteiger partial charge in [-0.1, -0.05) is 36.8 Å². The van der Waals surface area contributed by atoms with Crippen molar-refractivity contribution in [1.29, 1.82) is 0 Å². The van der Waals surface area contributed by atoms with Crippen LogP contribution in [0.3, 0.4) is 0 Å². The monoisotopic (exact) mass is 481 g/mol. The van der Waals surface area contributed by atoms with Crippen molar-refractivity contribution in [3.05, 3.63) is 84.3 Å². The lowest BCUT2D eigenvalue weighted by molar-refractivity contribution is -0.118. The number of benzene rings is 2. The molecule has 1 aliphatic rings. The van der Waals surface area contributed by atoms with Gasteiger partial charge < -0.3 is 15.1 Å². The number of hydrogen-bond donors (Lipinski definition) is 2. The van der Waals surface area contributed by atoms with Gasteiger partial charge >= 0.3 is 0 Å². The fraction of sp³-hybridized carbons (Fsp3) is 0.280. The Bertz CT molecular complexity index is 1200. The molecule has 34 heavy (non-hydrogen) atoms. The highest BCUT2D eigenvalue weighted by Crippen LogP contribution is 2.22. The minimum absolute atomic E-state index is 0.109. The average Bonchev–Trinajstić information content (AvgIpc) is 3.40. The van der Waals surface area contributed by atoms with Gasteiger partial charge in [-0.2, -0.15) is 4.31 Å². The number of carbonyl (C=O) groups excluding carboxylic acids is 2. The van der Waals surface area contributed by atoms with Crippen LogP contribution in [0.25, 0.3) is 0 Å². The van der Waals surface area contributed by atoms with E-state index in [0.29, 0.717) is 18.8 Å². The van der Waals surface area contributed by atoms with Crippen molar-refractivity contribution in [3.8, 4) is 0 Å². The van der Waals surface area contributed by atoms with Gasteiger partial charge in [-0.3, -0.25) is 9.59 Å². The van der Waals surface area contributed by atoms with Gasteiger partial charge in [-0.15, -0.1) is 0 Å². The second kappa shape index (κ2) is 10.7. The summed E-state index contributed by atoms with van der Waals surface area (Å²) in [5.74, 6) is -0.808. The van der Waals surface area contributed by atoms with Gasteiger partial charge in [0.05, 0.1) is 11.2 Å². The van der Waals surface area contributed by atoms with E-state index < -0.39 is 27.9 Å². The first kappa shape index (κ1) is 23.7. The van der Waals surface area contributed by atoms with Crippen molar-refractivity contribution in [2.24, 2.45) is 0 Å². The zero-order chi connectivity index (χ0) is 24.0. The first-order valence-corrected chi connectivity index (χ1v) is 12.7. The van der Waals surface area contributed by atoms with Gasteiger partial charge in [-0.25, -0.2) is 8.42 Å². The highest BCUT2D eigenvalue weighted by molar-refractivity contribution is 7.89. The molecule has 0 saturated carbocycles. The number of rotatable bonds is 8. The summed E-state index contributed by atoms with van der Waals surface area (Å²) >= 11 is 0. The summed E-state index contributed by atoms with van der Waals surface area (Å²) in [6, 6.07) is 17.7. The van der Waals surface area contributed by atoms with Crippen molar-refractivity contribution in [1.82, 2.24) is 9.62 Å². The Hall–Kier alpha value is -3.43. The molecule has 1 aliphatic heterocycles. The van der Waals surface area contributed by atoms with Crippen LogP contribution in [0.4, 0.5) is 5.69 Å². The van der Waals surface area contributed by atoms with E-state index in [4.69, 9.17) is 4.42 Å². The molecule has 2 heterocycles. The van der Waals surface area contributed by atoms with E-state index in [0.717, 1.165) is 24.8 Å². The zero-order valence-electron chi connectivity index (χ0n) is 18.6. The van der Waals surface area contributed by atoms with Crippen molar-refractivity contribution in [3.63, 3.8) is 0 Å². The van der Waals surface area contributed by atoms with Crippen LogP contribution < -0.4 is 10.6 Å². The van der Waals surface area contributed by atoms with Gasteiger partial charge in [0, 0.05) is 25.2 Å². The topological polar surface area (TPSA) is 109 Å². The van der Waals surface area contributed by atoms with Crippen LogP contribution in [0.2, 0.25) is 0 Å². The van der Waals surface area contributed by atoms with Crippen LogP contribution in [0.5, 0.6) is 0 Å². The van der Waals surface area contributed by atoms with Crippen LogP contribution >= 0.6 is 0 Å². The lowest BCUT2D eigenvalue weighted by Crippen LogP contribution is -2.45. The van der Waals surface area contributed by atoms with E-state index in [1.54, 1.807) is 18.2 Å². The lowest BCUT2D eigenvalue weighted by atomic mass is 10.0. The first-order valence-electron chi connectivity index (χ1n) is 11.2. The molecule has 0 bridgehead atoms. The number of nitrogens with one attached hydrogen (secondary N) is 2. The maximum Gasteiger partial charge on any atom is 0.287 e. The van der Waals surface area contributed by atoms with Crippen LogP contribution in [0.1, 0.15) is 35.4 Å². The molecule has 4 rings (SSSR count). The van der Waals surface area contributed by atoms with Crippen LogP contribution in [0.15, 0.2) is 82.3 Å². The molecule has 2 N–H and O–H groups in total. The molecule has 9 heteroatoms. The number of sulfonamides is 1. The molecule has 1 saturated heterocycles. The Balaban J connectivity index is 1.47. The third-order valence-corrected chi connectivity index (χ3v) is 7.64. The van der Waals surface area contributed by atoms with E-state index >= 15 is 0 Å². The minimum atomic E-state index is -3.55. The Morgan fingerprint density at radius 1 is 0.912 bits per heavy atom. The number of hydrogen-bond acceptors (Lipinski definition) is 5. The van der Waals surface area contributed by atoms with E-state index in [2.05, 4.69) is 10.6 Å². The molecular formula is C25H27N3O5S. The molecule has 178 valence electrons. The van der Waals surface area contributed by atoms with Crippen molar-refractivity contribution in [2.45, 2.75) is 36.6 Å². The SMILES string of the molecule is O=C(N[C@H](Cc1ccccc1)C(=O)Nc1ccc(S(=O)(=O)N2CCCCC2)cc1)c1ccco1. The minimum Gasteiger partial charge on any atom is -0.459 e. The Morgan fingerprint density at radius 2 is 1.62 bits per heavy atom. The zero-order valence-corrected chi connectivity index (χ0v) is 19.5. The molecule has 8 nitrogen and oxygen atoms in total. The first-order chi connectivity index (χ1) is 16.4. The number of nitrogens with zero attached hydrogens (tertiary/aromatic N) is 1. The maximum absolute atomic E-state index is 13.1. The Labute approximate surface area is 199 Å². The fourth-order valence-electron chi connectivity index (χ4n) is 3.89. The van der Waals surface area contributed by atoms with E-state index in [1.165, 1.54) is 28.8 Å².